The SMILES string of the molecule is Cc1nc(CN(C)[C@@H](C)c2ccccn2)cc(N2CCN3CCC[C@@H]3C2)n1. The molecule has 4 rings (SSSR count). The molecule has 2 aromatic rings. The van der Waals surface area contributed by atoms with Gasteiger partial charge in [0.25, 0.3) is 0 Å². The van der Waals surface area contributed by atoms with Crippen LogP contribution in [0.2, 0.25) is 0 Å². The van der Waals surface area contributed by atoms with Gasteiger partial charge in [-0.2, -0.15) is 0 Å². The fourth-order valence-electron chi connectivity index (χ4n) is 4.30. The van der Waals surface area contributed by atoms with E-state index < -0.39 is 0 Å². The normalized spacial score (nSPS) is 21.5. The summed E-state index contributed by atoms with van der Waals surface area (Å²) in [5.41, 5.74) is 2.17. The fourth-order valence-corrected chi connectivity index (χ4v) is 4.30. The summed E-state index contributed by atoms with van der Waals surface area (Å²) in [5, 5.41) is 0. The van der Waals surface area contributed by atoms with Crippen molar-refractivity contribution in [3.63, 3.8) is 0 Å². The smallest absolute Gasteiger partial charge is 0.132 e. The van der Waals surface area contributed by atoms with Crippen LogP contribution in [0.5, 0.6) is 0 Å². The number of hydrogen-bond acceptors (Lipinski definition) is 6. The maximum absolute atomic E-state index is 4.75. The second-order valence-corrected chi connectivity index (χ2v) is 7.89. The number of fused-ring (bicyclic) bond motifs is 1. The van der Waals surface area contributed by atoms with E-state index in [0.717, 1.165) is 49.2 Å². The first-order chi connectivity index (χ1) is 13.1. The van der Waals surface area contributed by atoms with Gasteiger partial charge in [0.15, 0.2) is 0 Å². The van der Waals surface area contributed by atoms with Gasteiger partial charge in [0, 0.05) is 50.5 Å². The Bertz CT molecular complexity index is 765. The molecule has 0 saturated carbocycles. The topological polar surface area (TPSA) is 48.4 Å². The van der Waals surface area contributed by atoms with Crippen molar-refractivity contribution in [1.29, 1.82) is 0 Å². The standard InChI is InChI=1S/C21H30N6/c1-16(20-8-4-5-9-22-20)25(3)14-18-13-21(24-17(2)23-18)27-12-11-26-10-6-7-19(26)15-27/h4-5,8-9,13,16,19H,6-7,10-12,14-15H2,1-3H3/t16-,19+/m0/s1. The summed E-state index contributed by atoms with van der Waals surface area (Å²) in [6, 6.07) is 9.21. The Morgan fingerprint density at radius 2 is 2.11 bits per heavy atom. The number of anilines is 1. The largest absolute Gasteiger partial charge is 0.354 e. The van der Waals surface area contributed by atoms with Crippen LogP contribution in [0.15, 0.2) is 30.5 Å². The van der Waals surface area contributed by atoms with Gasteiger partial charge in [-0.3, -0.25) is 14.8 Å². The van der Waals surface area contributed by atoms with Crippen molar-refractivity contribution in [3.8, 4) is 0 Å². The van der Waals surface area contributed by atoms with E-state index in [1.807, 2.05) is 25.3 Å². The molecular weight excluding hydrogens is 336 g/mol. The van der Waals surface area contributed by atoms with Crippen molar-refractivity contribution in [2.24, 2.45) is 0 Å². The molecule has 2 atom stereocenters. The highest BCUT2D eigenvalue weighted by molar-refractivity contribution is 5.41. The third-order valence-corrected chi connectivity index (χ3v) is 5.98. The van der Waals surface area contributed by atoms with Crippen LogP contribution in [0.1, 0.15) is 43.0 Å². The van der Waals surface area contributed by atoms with Gasteiger partial charge in [-0.1, -0.05) is 6.07 Å². The quantitative estimate of drug-likeness (QED) is 0.811. The predicted molar refractivity (Wildman–Crippen MR) is 108 cm³/mol. The Balaban J connectivity index is 1.47. The van der Waals surface area contributed by atoms with Gasteiger partial charge in [0.1, 0.15) is 11.6 Å². The number of hydrogen-bond donors (Lipinski definition) is 0. The van der Waals surface area contributed by atoms with Crippen LogP contribution in [0, 0.1) is 6.92 Å². The molecule has 6 nitrogen and oxygen atoms in total. The molecule has 2 aliphatic rings. The summed E-state index contributed by atoms with van der Waals surface area (Å²) in [5.74, 6) is 1.94. The van der Waals surface area contributed by atoms with Crippen LogP contribution in [0.25, 0.3) is 0 Å². The van der Waals surface area contributed by atoms with E-state index in [-0.39, 0.29) is 6.04 Å². The Morgan fingerprint density at radius 1 is 1.22 bits per heavy atom. The van der Waals surface area contributed by atoms with Gasteiger partial charge < -0.3 is 4.90 Å². The molecule has 0 N–H and O–H groups in total. The molecule has 144 valence electrons. The molecule has 2 aromatic heterocycles. The Hall–Kier alpha value is -2.05. The number of aromatic nitrogens is 3. The minimum Gasteiger partial charge on any atom is -0.354 e. The number of piperazine rings is 1. The summed E-state index contributed by atoms with van der Waals surface area (Å²) in [4.78, 5) is 21.3. The first kappa shape index (κ1) is 18.3. The predicted octanol–water partition coefficient (Wildman–Crippen LogP) is 2.66. The summed E-state index contributed by atoms with van der Waals surface area (Å²) in [6.07, 6.45) is 4.51. The van der Waals surface area contributed by atoms with Crippen LogP contribution in [-0.4, -0.2) is 64.0 Å². The van der Waals surface area contributed by atoms with Crippen molar-refractivity contribution >= 4 is 5.82 Å². The second kappa shape index (κ2) is 7.90. The average Bonchev–Trinajstić information content (AvgIpc) is 3.15. The molecule has 4 heterocycles. The third-order valence-electron chi connectivity index (χ3n) is 5.98. The lowest BCUT2D eigenvalue weighted by Crippen LogP contribution is -2.50. The lowest BCUT2D eigenvalue weighted by molar-refractivity contribution is 0.230. The van der Waals surface area contributed by atoms with Gasteiger partial charge in [-0.25, -0.2) is 9.97 Å². The molecule has 0 spiro atoms. The minimum atomic E-state index is 0.243. The second-order valence-electron chi connectivity index (χ2n) is 7.89. The van der Waals surface area contributed by atoms with Gasteiger partial charge in [0.05, 0.1) is 11.4 Å². The first-order valence-corrected chi connectivity index (χ1v) is 10.0. The van der Waals surface area contributed by atoms with Crippen molar-refractivity contribution in [1.82, 2.24) is 24.8 Å². The van der Waals surface area contributed by atoms with Crippen LogP contribution in [-0.2, 0) is 6.54 Å². The van der Waals surface area contributed by atoms with E-state index >= 15 is 0 Å². The maximum atomic E-state index is 4.75. The van der Waals surface area contributed by atoms with Crippen LogP contribution >= 0.6 is 0 Å². The molecule has 0 unspecified atom stereocenters. The summed E-state index contributed by atoms with van der Waals surface area (Å²) >= 11 is 0. The molecule has 0 aliphatic carbocycles. The van der Waals surface area contributed by atoms with Crippen molar-refractivity contribution < 1.29 is 0 Å². The molecule has 0 aromatic carbocycles. The molecule has 6 heteroatoms. The molecule has 0 radical (unpaired) electrons. The highest BCUT2D eigenvalue weighted by atomic mass is 15.3. The third kappa shape index (κ3) is 4.12. The lowest BCUT2D eigenvalue weighted by atomic mass is 10.1. The molecule has 2 saturated heterocycles. The van der Waals surface area contributed by atoms with Crippen molar-refractivity contribution in [3.05, 3.63) is 47.7 Å². The van der Waals surface area contributed by atoms with Gasteiger partial charge in [-0.05, 0) is 52.4 Å². The zero-order valence-electron chi connectivity index (χ0n) is 16.7. The van der Waals surface area contributed by atoms with E-state index in [2.05, 4.69) is 45.8 Å². The molecule has 27 heavy (non-hydrogen) atoms. The van der Waals surface area contributed by atoms with Gasteiger partial charge in [0.2, 0.25) is 0 Å². The Morgan fingerprint density at radius 3 is 2.93 bits per heavy atom. The van der Waals surface area contributed by atoms with E-state index in [1.54, 1.807) is 0 Å². The summed E-state index contributed by atoms with van der Waals surface area (Å²) in [6.45, 7) is 9.56. The molecule has 0 bridgehead atoms. The van der Waals surface area contributed by atoms with E-state index in [9.17, 15) is 0 Å². The molecule has 2 aliphatic heterocycles. The minimum absolute atomic E-state index is 0.243. The lowest BCUT2D eigenvalue weighted by Gasteiger charge is -2.38. The zero-order valence-corrected chi connectivity index (χ0v) is 16.7. The van der Waals surface area contributed by atoms with Crippen LogP contribution in [0.4, 0.5) is 5.82 Å². The Labute approximate surface area is 162 Å². The zero-order chi connectivity index (χ0) is 18.8. The number of rotatable bonds is 5. The molecular formula is C21H30N6. The Kier molecular flexibility index (Phi) is 5.36. The van der Waals surface area contributed by atoms with E-state index in [1.165, 1.54) is 19.4 Å². The molecule has 0 amide bonds. The summed E-state index contributed by atoms with van der Waals surface area (Å²) in [7, 11) is 2.13. The van der Waals surface area contributed by atoms with Gasteiger partial charge >= 0.3 is 0 Å². The number of pyridine rings is 1. The monoisotopic (exact) mass is 366 g/mol. The highest BCUT2D eigenvalue weighted by Gasteiger charge is 2.31. The average molecular weight is 367 g/mol. The fraction of sp³-hybridized carbons (Fsp3) is 0.571. The van der Waals surface area contributed by atoms with Gasteiger partial charge in [-0.15, -0.1) is 0 Å². The van der Waals surface area contributed by atoms with Crippen molar-refractivity contribution in [2.75, 3.05) is 38.1 Å². The van der Waals surface area contributed by atoms with Crippen LogP contribution < -0.4 is 4.90 Å². The van der Waals surface area contributed by atoms with Crippen LogP contribution in [0.3, 0.4) is 0 Å². The first-order valence-electron chi connectivity index (χ1n) is 10.0. The molecule has 2 fully saturated rings. The van der Waals surface area contributed by atoms with E-state index in [0.29, 0.717) is 6.04 Å². The highest BCUT2D eigenvalue weighted by Crippen LogP contribution is 2.25. The van der Waals surface area contributed by atoms with Crippen molar-refractivity contribution in [2.45, 2.75) is 45.3 Å². The number of nitrogens with zero attached hydrogens (tertiary/aromatic N) is 6. The maximum Gasteiger partial charge on any atom is 0.132 e. The van der Waals surface area contributed by atoms with E-state index in [4.69, 9.17) is 9.97 Å². The summed E-state index contributed by atoms with van der Waals surface area (Å²) < 4.78 is 0. The number of aryl methyl sites for hydroxylation is 1.